The van der Waals surface area contributed by atoms with E-state index in [0.29, 0.717) is 13.0 Å². The highest BCUT2D eigenvalue weighted by atomic mass is 19.3. The minimum atomic E-state index is -2.94. The number of alkyl halides is 2. The first-order chi connectivity index (χ1) is 13.8. The Hall–Kier alpha value is -2.42. The maximum Gasteiger partial charge on any atom is 0.387 e. The van der Waals surface area contributed by atoms with Crippen molar-refractivity contribution < 1.29 is 27.8 Å². The van der Waals surface area contributed by atoms with E-state index in [1.54, 1.807) is 19.2 Å². The smallest absolute Gasteiger partial charge is 0.387 e. The highest BCUT2D eigenvalue weighted by Crippen LogP contribution is 2.38. The van der Waals surface area contributed by atoms with E-state index >= 15 is 0 Å². The van der Waals surface area contributed by atoms with Gasteiger partial charge in [-0.05, 0) is 43.5 Å². The van der Waals surface area contributed by atoms with Gasteiger partial charge in [0.05, 0.1) is 13.8 Å². The number of methoxy groups -OCH3 is 1. The molecule has 1 aliphatic carbocycles. The molecule has 3 rings (SSSR count). The molecule has 9 heteroatoms. The molecule has 1 heterocycles. The van der Waals surface area contributed by atoms with Crippen molar-refractivity contribution >= 4 is 11.9 Å². The van der Waals surface area contributed by atoms with Crippen molar-refractivity contribution in [1.29, 1.82) is 0 Å². The van der Waals surface area contributed by atoms with Gasteiger partial charge in [0.15, 0.2) is 11.5 Å². The van der Waals surface area contributed by atoms with Crippen LogP contribution >= 0.6 is 0 Å². The Kier molecular flexibility index (Phi) is 6.26. The topological polar surface area (TPSA) is 71.1 Å². The Labute approximate surface area is 168 Å². The first kappa shape index (κ1) is 21.3. The number of hydrogen-bond acceptors (Lipinski definition) is 5. The zero-order valence-electron chi connectivity index (χ0n) is 16.9. The predicted octanol–water partition coefficient (Wildman–Crippen LogP) is 3.19. The summed E-state index contributed by atoms with van der Waals surface area (Å²) in [6.45, 7) is -0.395. The monoisotopic (exact) mass is 411 g/mol. The number of benzene rings is 1. The third kappa shape index (κ3) is 4.29. The Morgan fingerprint density at radius 3 is 2.72 bits per heavy atom. The summed E-state index contributed by atoms with van der Waals surface area (Å²) in [5.41, 5.74) is -0.00744. The van der Waals surface area contributed by atoms with Crippen LogP contribution in [0.4, 0.5) is 13.6 Å². The molecule has 0 unspecified atom stereocenters. The summed E-state index contributed by atoms with van der Waals surface area (Å²) in [6.07, 6.45) is 3.58. The SMILES string of the molecule is COc1cc(CN(C)CN2C(=O)N[C@]3(CCCC[C@@H]3C)C2=O)ccc1OC(F)F. The zero-order valence-corrected chi connectivity index (χ0v) is 16.9. The van der Waals surface area contributed by atoms with E-state index < -0.39 is 12.2 Å². The summed E-state index contributed by atoms with van der Waals surface area (Å²) >= 11 is 0. The van der Waals surface area contributed by atoms with E-state index in [-0.39, 0.29) is 36.0 Å². The van der Waals surface area contributed by atoms with E-state index in [9.17, 15) is 18.4 Å². The predicted molar refractivity (Wildman–Crippen MR) is 102 cm³/mol. The van der Waals surface area contributed by atoms with Crippen LogP contribution in [0.2, 0.25) is 0 Å². The van der Waals surface area contributed by atoms with E-state index in [1.165, 1.54) is 18.1 Å². The Balaban J connectivity index is 1.67. The minimum Gasteiger partial charge on any atom is -0.493 e. The number of hydrogen-bond donors (Lipinski definition) is 1. The number of carbonyl (C=O) groups is 2. The summed E-state index contributed by atoms with van der Waals surface area (Å²) in [6, 6.07) is 4.30. The molecule has 0 aromatic heterocycles. The second-order valence-electron chi connectivity index (χ2n) is 7.80. The van der Waals surface area contributed by atoms with Gasteiger partial charge in [-0.1, -0.05) is 25.8 Å². The average Bonchev–Trinajstić information content (AvgIpc) is 2.90. The second-order valence-corrected chi connectivity index (χ2v) is 7.80. The van der Waals surface area contributed by atoms with Gasteiger partial charge < -0.3 is 14.8 Å². The molecule has 1 N–H and O–H groups in total. The molecule has 1 aromatic carbocycles. The number of amides is 3. The lowest BCUT2D eigenvalue weighted by Gasteiger charge is -2.37. The summed E-state index contributed by atoms with van der Waals surface area (Å²) in [5, 5.41) is 2.94. The number of carbonyl (C=O) groups excluding carboxylic acids is 2. The number of nitrogens with zero attached hydrogens (tertiary/aromatic N) is 2. The fourth-order valence-electron chi connectivity index (χ4n) is 4.23. The van der Waals surface area contributed by atoms with Gasteiger partial charge in [0.25, 0.3) is 5.91 Å². The molecular weight excluding hydrogens is 384 g/mol. The molecular formula is C20H27F2N3O4. The van der Waals surface area contributed by atoms with Crippen LogP contribution in [0.25, 0.3) is 0 Å². The maximum atomic E-state index is 13.0. The van der Waals surface area contributed by atoms with Crippen molar-refractivity contribution in [3.05, 3.63) is 23.8 Å². The third-order valence-corrected chi connectivity index (χ3v) is 5.78. The first-order valence-corrected chi connectivity index (χ1v) is 9.71. The van der Waals surface area contributed by atoms with Gasteiger partial charge in [0.2, 0.25) is 0 Å². The molecule has 7 nitrogen and oxygen atoms in total. The lowest BCUT2D eigenvalue weighted by atomic mass is 9.73. The summed E-state index contributed by atoms with van der Waals surface area (Å²) in [4.78, 5) is 28.6. The van der Waals surface area contributed by atoms with Crippen LogP contribution in [-0.2, 0) is 11.3 Å². The molecule has 1 aromatic rings. The molecule has 160 valence electrons. The number of ether oxygens (including phenoxy) is 2. The Morgan fingerprint density at radius 2 is 2.07 bits per heavy atom. The fourth-order valence-corrected chi connectivity index (χ4v) is 4.23. The number of nitrogens with one attached hydrogen (secondary N) is 1. The Bertz CT molecular complexity index is 776. The lowest BCUT2D eigenvalue weighted by molar-refractivity contribution is -0.135. The molecule has 3 amide bonds. The van der Waals surface area contributed by atoms with Crippen LogP contribution in [0.15, 0.2) is 18.2 Å². The fraction of sp³-hybridized carbons (Fsp3) is 0.600. The van der Waals surface area contributed by atoms with Crippen LogP contribution in [-0.4, -0.2) is 54.7 Å². The van der Waals surface area contributed by atoms with Gasteiger partial charge in [-0.2, -0.15) is 8.78 Å². The van der Waals surface area contributed by atoms with Gasteiger partial charge in [0, 0.05) is 6.54 Å². The molecule has 2 atom stereocenters. The van der Waals surface area contributed by atoms with Gasteiger partial charge in [-0.3, -0.25) is 9.69 Å². The van der Waals surface area contributed by atoms with Crippen molar-refractivity contribution in [3.63, 3.8) is 0 Å². The van der Waals surface area contributed by atoms with Crippen LogP contribution in [0.1, 0.15) is 38.2 Å². The Morgan fingerprint density at radius 1 is 1.31 bits per heavy atom. The molecule has 2 fully saturated rings. The van der Waals surface area contributed by atoms with Crippen molar-refractivity contribution in [2.24, 2.45) is 5.92 Å². The largest absolute Gasteiger partial charge is 0.493 e. The van der Waals surface area contributed by atoms with Crippen LogP contribution in [0.5, 0.6) is 11.5 Å². The zero-order chi connectivity index (χ0) is 21.2. The van der Waals surface area contributed by atoms with E-state index in [1.807, 2.05) is 11.8 Å². The maximum absolute atomic E-state index is 13.0. The standard InChI is InChI=1S/C20H27F2N3O4/c1-13-6-4-5-9-20(13)17(26)25(19(27)23-20)12-24(2)11-14-7-8-15(29-18(21)22)16(10-14)28-3/h7-8,10,13,18H,4-6,9,11-12H2,1-3H3,(H,23,27)/t13-,20-/m0/s1. The van der Waals surface area contributed by atoms with Gasteiger partial charge in [-0.25, -0.2) is 9.69 Å². The molecule has 1 spiro atoms. The summed E-state index contributed by atoms with van der Waals surface area (Å²) in [7, 11) is 3.16. The summed E-state index contributed by atoms with van der Waals surface area (Å²) in [5.74, 6) is 0.0897. The molecule has 1 saturated heterocycles. The summed E-state index contributed by atoms with van der Waals surface area (Å²) < 4.78 is 34.5. The normalized spacial score (nSPS) is 24.5. The van der Waals surface area contributed by atoms with Gasteiger partial charge in [0.1, 0.15) is 5.54 Å². The first-order valence-electron chi connectivity index (χ1n) is 9.71. The number of urea groups is 1. The van der Waals surface area contributed by atoms with Crippen LogP contribution in [0.3, 0.4) is 0 Å². The van der Waals surface area contributed by atoms with E-state index in [2.05, 4.69) is 10.1 Å². The van der Waals surface area contributed by atoms with E-state index in [4.69, 9.17) is 4.74 Å². The molecule has 0 bridgehead atoms. The molecule has 1 aliphatic heterocycles. The van der Waals surface area contributed by atoms with Crippen LogP contribution in [0, 0.1) is 5.92 Å². The van der Waals surface area contributed by atoms with Crippen molar-refractivity contribution in [3.8, 4) is 11.5 Å². The molecule has 2 aliphatic rings. The van der Waals surface area contributed by atoms with E-state index in [0.717, 1.165) is 24.8 Å². The van der Waals surface area contributed by atoms with Crippen molar-refractivity contribution in [2.45, 2.75) is 51.3 Å². The molecule has 0 radical (unpaired) electrons. The number of imide groups is 1. The van der Waals surface area contributed by atoms with Gasteiger partial charge >= 0.3 is 12.6 Å². The number of rotatable bonds is 7. The highest BCUT2D eigenvalue weighted by Gasteiger charge is 2.54. The second kappa shape index (κ2) is 8.52. The highest BCUT2D eigenvalue weighted by molar-refractivity contribution is 6.07. The molecule has 29 heavy (non-hydrogen) atoms. The molecule has 1 saturated carbocycles. The van der Waals surface area contributed by atoms with Gasteiger partial charge in [-0.15, -0.1) is 0 Å². The van der Waals surface area contributed by atoms with Crippen molar-refractivity contribution in [1.82, 2.24) is 15.1 Å². The van der Waals surface area contributed by atoms with Crippen molar-refractivity contribution in [2.75, 3.05) is 20.8 Å². The lowest BCUT2D eigenvalue weighted by Crippen LogP contribution is -2.54. The minimum absolute atomic E-state index is 0.0452. The third-order valence-electron chi connectivity index (χ3n) is 5.78. The average molecular weight is 411 g/mol. The number of halogens is 2. The van der Waals surface area contributed by atoms with Crippen LogP contribution < -0.4 is 14.8 Å². The quantitative estimate of drug-likeness (QED) is 0.698.